The summed E-state index contributed by atoms with van der Waals surface area (Å²) in [6.45, 7) is 9.03. The van der Waals surface area contributed by atoms with Gasteiger partial charge in [-0.1, -0.05) is 0 Å². The third-order valence-corrected chi connectivity index (χ3v) is 6.27. The van der Waals surface area contributed by atoms with Crippen molar-refractivity contribution in [3.63, 3.8) is 0 Å². The Hall–Kier alpha value is -2.51. The van der Waals surface area contributed by atoms with Gasteiger partial charge in [0.05, 0.1) is 18.5 Å². The molecule has 0 spiro atoms. The van der Waals surface area contributed by atoms with Crippen molar-refractivity contribution in [2.75, 3.05) is 45.3 Å². The highest BCUT2D eigenvalue weighted by atomic mass is 16.5. The summed E-state index contributed by atoms with van der Waals surface area (Å²) < 4.78 is 7.55. The number of aromatic nitrogens is 4. The molecule has 0 atom stereocenters. The van der Waals surface area contributed by atoms with Crippen LogP contribution in [0, 0.1) is 0 Å². The van der Waals surface area contributed by atoms with Gasteiger partial charge >= 0.3 is 0 Å². The monoisotopic (exact) mass is 422 g/mol. The molecule has 3 aromatic heterocycles. The molecule has 166 valence electrons. The number of piperidine rings is 1. The van der Waals surface area contributed by atoms with E-state index < -0.39 is 0 Å². The Morgan fingerprint density at radius 2 is 1.94 bits per heavy atom. The summed E-state index contributed by atoms with van der Waals surface area (Å²) in [5.74, 6) is 1.44. The Labute approximate surface area is 185 Å². The summed E-state index contributed by atoms with van der Waals surface area (Å²) in [6.07, 6.45) is 7.95. The smallest absolute Gasteiger partial charge is 0.156 e. The number of hydrogen-bond acceptors (Lipinski definition) is 6. The minimum Gasteiger partial charge on any atom is -0.383 e. The van der Waals surface area contributed by atoms with Crippen LogP contribution in [0.5, 0.6) is 0 Å². The van der Waals surface area contributed by atoms with Gasteiger partial charge in [0.2, 0.25) is 0 Å². The highest BCUT2D eigenvalue weighted by Crippen LogP contribution is 2.33. The van der Waals surface area contributed by atoms with Crippen LogP contribution in [0.1, 0.15) is 49.9 Å². The van der Waals surface area contributed by atoms with Crippen LogP contribution in [0.2, 0.25) is 0 Å². The van der Waals surface area contributed by atoms with Gasteiger partial charge < -0.3 is 14.2 Å². The maximum Gasteiger partial charge on any atom is 0.156 e. The van der Waals surface area contributed by atoms with E-state index in [2.05, 4.69) is 58.4 Å². The van der Waals surface area contributed by atoms with E-state index in [9.17, 15) is 0 Å². The largest absolute Gasteiger partial charge is 0.383 e. The first kappa shape index (κ1) is 21.7. The molecule has 7 nitrogen and oxygen atoms in total. The molecule has 4 heterocycles. The average molecular weight is 423 g/mol. The maximum atomic E-state index is 5.29. The molecule has 0 bridgehead atoms. The molecule has 0 amide bonds. The van der Waals surface area contributed by atoms with Crippen molar-refractivity contribution in [1.82, 2.24) is 24.4 Å². The number of rotatable bonds is 8. The van der Waals surface area contributed by atoms with Gasteiger partial charge in [-0.3, -0.25) is 9.88 Å². The van der Waals surface area contributed by atoms with Gasteiger partial charge in [0.15, 0.2) is 5.82 Å². The predicted octanol–water partition coefficient (Wildman–Crippen LogP) is 3.87. The van der Waals surface area contributed by atoms with E-state index in [1.807, 2.05) is 18.7 Å². The molecule has 0 radical (unpaired) electrons. The number of methoxy groups -OCH3 is 1. The van der Waals surface area contributed by atoms with Gasteiger partial charge in [-0.25, -0.2) is 9.97 Å². The second-order valence-electron chi connectivity index (χ2n) is 8.80. The second-order valence-corrected chi connectivity index (χ2v) is 8.80. The molecule has 0 unspecified atom stereocenters. The first-order valence-electron chi connectivity index (χ1n) is 11.3. The van der Waals surface area contributed by atoms with Crippen LogP contribution >= 0.6 is 0 Å². The Bertz CT molecular complexity index is 978. The molecule has 4 rings (SSSR count). The summed E-state index contributed by atoms with van der Waals surface area (Å²) in [4.78, 5) is 18.7. The number of ether oxygens (including phenoxy) is 1. The van der Waals surface area contributed by atoms with Crippen molar-refractivity contribution in [2.45, 2.75) is 45.2 Å². The highest BCUT2D eigenvalue weighted by molar-refractivity contribution is 5.87. The Kier molecular flexibility index (Phi) is 6.83. The van der Waals surface area contributed by atoms with Crippen LogP contribution in [0.4, 0.5) is 5.82 Å². The first-order valence-corrected chi connectivity index (χ1v) is 11.3. The van der Waals surface area contributed by atoms with Gasteiger partial charge in [-0.05, 0) is 63.5 Å². The van der Waals surface area contributed by atoms with Crippen molar-refractivity contribution >= 4 is 16.9 Å². The molecule has 0 aliphatic carbocycles. The zero-order valence-electron chi connectivity index (χ0n) is 19.2. The van der Waals surface area contributed by atoms with Crippen LogP contribution in [0.15, 0.2) is 36.9 Å². The average Bonchev–Trinajstić information content (AvgIpc) is 3.22. The van der Waals surface area contributed by atoms with Crippen molar-refractivity contribution in [2.24, 2.45) is 0 Å². The van der Waals surface area contributed by atoms with Gasteiger partial charge in [-0.15, -0.1) is 0 Å². The molecule has 0 saturated carbocycles. The molecule has 0 aromatic carbocycles. The van der Waals surface area contributed by atoms with Crippen molar-refractivity contribution in [3.05, 3.63) is 48.2 Å². The molecule has 7 heteroatoms. The Morgan fingerprint density at radius 3 is 2.61 bits per heavy atom. The number of nitrogens with zero attached hydrogens (tertiary/aromatic N) is 6. The van der Waals surface area contributed by atoms with Crippen molar-refractivity contribution in [1.29, 1.82) is 0 Å². The molecule has 3 aromatic rings. The van der Waals surface area contributed by atoms with Gasteiger partial charge in [0.25, 0.3) is 0 Å². The number of likely N-dealkylation sites (N-methyl/N-ethyl adjacent to an activating group) is 1. The first-order chi connectivity index (χ1) is 15.1. The lowest BCUT2D eigenvalue weighted by Gasteiger charge is -2.32. The molecular weight excluding hydrogens is 388 g/mol. The fourth-order valence-electron chi connectivity index (χ4n) is 4.39. The maximum absolute atomic E-state index is 5.29. The Morgan fingerprint density at radius 1 is 1.19 bits per heavy atom. The molecule has 1 aliphatic heterocycles. The number of imidazole rings is 1. The number of fused-ring (bicyclic) bond motifs is 1. The minimum absolute atomic E-state index is 0.361. The number of hydrogen-bond donors (Lipinski definition) is 0. The molecule has 0 N–H and O–H groups in total. The zero-order chi connectivity index (χ0) is 21.8. The van der Waals surface area contributed by atoms with E-state index in [0.717, 1.165) is 50.4 Å². The fraction of sp³-hybridized carbons (Fsp3) is 0.542. The third kappa shape index (κ3) is 4.88. The summed E-state index contributed by atoms with van der Waals surface area (Å²) in [5, 5.41) is 0. The number of likely N-dealkylation sites (tertiary alicyclic amines) is 1. The summed E-state index contributed by atoms with van der Waals surface area (Å²) >= 11 is 0. The summed E-state index contributed by atoms with van der Waals surface area (Å²) in [6, 6.07) is 6.85. The van der Waals surface area contributed by atoms with E-state index in [1.165, 1.54) is 16.8 Å². The molecule has 1 aliphatic rings. The number of anilines is 1. The highest BCUT2D eigenvalue weighted by Gasteiger charge is 2.25. The van der Waals surface area contributed by atoms with E-state index in [-0.39, 0.29) is 0 Å². The fourth-order valence-corrected chi connectivity index (χ4v) is 4.39. The molecule has 31 heavy (non-hydrogen) atoms. The standard InChI is InChI=1S/C24H34N6O/c1-18(2)30-17-26-23-22(30)15-21(27-24(23)28(3)13-14-31-4)20-7-11-29(12-8-20)16-19-5-9-25-10-6-19/h5-6,9-10,15,17-18,20H,7-8,11-14,16H2,1-4H3. The quantitative estimate of drug-likeness (QED) is 0.549. The van der Waals surface area contributed by atoms with E-state index >= 15 is 0 Å². The lowest BCUT2D eigenvalue weighted by Crippen LogP contribution is -2.33. The van der Waals surface area contributed by atoms with Crippen LogP contribution in [0.3, 0.4) is 0 Å². The van der Waals surface area contributed by atoms with Crippen LogP contribution in [0.25, 0.3) is 11.0 Å². The minimum atomic E-state index is 0.361. The third-order valence-electron chi connectivity index (χ3n) is 6.27. The summed E-state index contributed by atoms with van der Waals surface area (Å²) in [7, 11) is 3.82. The lowest BCUT2D eigenvalue weighted by atomic mass is 9.92. The summed E-state index contributed by atoms with van der Waals surface area (Å²) in [5.41, 5.74) is 4.68. The topological polar surface area (TPSA) is 59.3 Å². The van der Waals surface area contributed by atoms with Crippen molar-refractivity contribution < 1.29 is 4.74 Å². The van der Waals surface area contributed by atoms with Crippen LogP contribution in [-0.2, 0) is 11.3 Å². The van der Waals surface area contributed by atoms with Gasteiger partial charge in [0.1, 0.15) is 5.52 Å². The van der Waals surface area contributed by atoms with Gasteiger partial charge in [0, 0.05) is 57.3 Å². The molecular formula is C24H34N6O. The van der Waals surface area contributed by atoms with Crippen LogP contribution < -0.4 is 4.90 Å². The van der Waals surface area contributed by atoms with Crippen LogP contribution in [-0.4, -0.2) is 64.8 Å². The van der Waals surface area contributed by atoms with Gasteiger partial charge in [-0.2, -0.15) is 0 Å². The predicted molar refractivity (Wildman–Crippen MR) is 125 cm³/mol. The second kappa shape index (κ2) is 9.75. The lowest BCUT2D eigenvalue weighted by molar-refractivity contribution is 0.203. The molecule has 1 saturated heterocycles. The van der Waals surface area contributed by atoms with Crippen molar-refractivity contribution in [3.8, 4) is 0 Å². The van der Waals surface area contributed by atoms with E-state index in [1.54, 1.807) is 7.11 Å². The van der Waals surface area contributed by atoms with E-state index in [4.69, 9.17) is 14.7 Å². The normalized spacial score (nSPS) is 15.8. The van der Waals surface area contributed by atoms with E-state index in [0.29, 0.717) is 18.6 Å². The Balaban J connectivity index is 1.56. The molecule has 1 fully saturated rings. The zero-order valence-corrected chi connectivity index (χ0v) is 19.2. The number of pyridine rings is 2. The SMILES string of the molecule is COCCN(C)c1nc(C2CCN(Cc3ccncc3)CC2)cc2c1ncn2C(C)C.